The number of nitrogens with zero attached hydrogens (tertiary/aromatic N) is 3. The molecule has 1 saturated heterocycles. The van der Waals surface area contributed by atoms with Gasteiger partial charge in [0.05, 0.1) is 5.69 Å². The summed E-state index contributed by atoms with van der Waals surface area (Å²) >= 11 is 6.13. The molecule has 0 unspecified atom stereocenters. The average Bonchev–Trinajstić information content (AvgIpc) is 3.07. The molecule has 1 aromatic heterocycles. The number of rotatable bonds is 4. The van der Waals surface area contributed by atoms with E-state index in [9.17, 15) is 9.59 Å². The van der Waals surface area contributed by atoms with E-state index in [4.69, 9.17) is 11.6 Å². The van der Waals surface area contributed by atoms with E-state index in [1.54, 1.807) is 0 Å². The molecule has 7 heteroatoms. The smallest absolute Gasteiger partial charge is 0.254 e. The number of hydrogen-bond acceptors (Lipinski definition) is 3. The summed E-state index contributed by atoms with van der Waals surface area (Å²) < 4.78 is 0. The summed E-state index contributed by atoms with van der Waals surface area (Å²) in [5.74, 6) is 0.118. The van der Waals surface area contributed by atoms with E-state index in [-0.39, 0.29) is 11.8 Å². The second kappa shape index (κ2) is 8.13. The van der Waals surface area contributed by atoms with E-state index in [0.29, 0.717) is 49.6 Å². The fourth-order valence-electron chi connectivity index (χ4n) is 3.34. The van der Waals surface area contributed by atoms with Crippen molar-refractivity contribution in [3.05, 3.63) is 51.3 Å². The highest BCUT2D eigenvalue weighted by Gasteiger charge is 2.25. The minimum Gasteiger partial charge on any atom is -0.339 e. The van der Waals surface area contributed by atoms with Crippen LogP contribution in [0.2, 0.25) is 5.02 Å². The predicted octanol–water partition coefficient (Wildman–Crippen LogP) is 2.91. The van der Waals surface area contributed by atoms with Crippen LogP contribution in [0.3, 0.4) is 0 Å². The molecule has 0 aliphatic carbocycles. The molecule has 0 bridgehead atoms. The summed E-state index contributed by atoms with van der Waals surface area (Å²) in [5.41, 5.74) is 4.36. The van der Waals surface area contributed by atoms with Crippen molar-refractivity contribution in [2.24, 2.45) is 0 Å². The van der Waals surface area contributed by atoms with Gasteiger partial charge in [-0.3, -0.25) is 14.7 Å². The van der Waals surface area contributed by atoms with Crippen molar-refractivity contribution in [1.82, 2.24) is 20.0 Å². The van der Waals surface area contributed by atoms with Gasteiger partial charge in [0.15, 0.2) is 0 Å². The Morgan fingerprint density at radius 2 is 1.70 bits per heavy atom. The Morgan fingerprint density at radius 1 is 1.04 bits per heavy atom. The van der Waals surface area contributed by atoms with Crippen LogP contribution in [0.1, 0.15) is 39.3 Å². The van der Waals surface area contributed by atoms with E-state index in [0.717, 1.165) is 22.5 Å². The van der Waals surface area contributed by atoms with Crippen LogP contribution in [0.25, 0.3) is 0 Å². The molecule has 144 valence electrons. The van der Waals surface area contributed by atoms with Gasteiger partial charge in [-0.1, -0.05) is 11.6 Å². The predicted molar refractivity (Wildman–Crippen MR) is 105 cm³/mol. The molecule has 27 heavy (non-hydrogen) atoms. The lowest BCUT2D eigenvalue weighted by Gasteiger charge is -2.35. The van der Waals surface area contributed by atoms with Gasteiger partial charge in [0.2, 0.25) is 5.91 Å². The van der Waals surface area contributed by atoms with Gasteiger partial charge in [0.1, 0.15) is 0 Å². The summed E-state index contributed by atoms with van der Waals surface area (Å²) in [7, 11) is 0. The molecule has 0 spiro atoms. The number of aryl methyl sites for hydroxylation is 4. The topological polar surface area (TPSA) is 69.3 Å². The van der Waals surface area contributed by atoms with Gasteiger partial charge in [-0.15, -0.1) is 0 Å². The van der Waals surface area contributed by atoms with E-state index in [1.165, 1.54) is 0 Å². The molecule has 2 heterocycles. The third-order valence-corrected chi connectivity index (χ3v) is 5.42. The lowest BCUT2D eigenvalue weighted by Crippen LogP contribution is -2.50. The number of hydrogen-bond donors (Lipinski definition) is 1. The van der Waals surface area contributed by atoms with Crippen molar-refractivity contribution in [2.45, 2.75) is 33.6 Å². The van der Waals surface area contributed by atoms with E-state index >= 15 is 0 Å². The molecule has 0 saturated carbocycles. The van der Waals surface area contributed by atoms with Crippen molar-refractivity contribution in [1.29, 1.82) is 0 Å². The monoisotopic (exact) mass is 388 g/mol. The van der Waals surface area contributed by atoms with Gasteiger partial charge >= 0.3 is 0 Å². The molecule has 6 nitrogen and oxygen atoms in total. The van der Waals surface area contributed by atoms with E-state index < -0.39 is 0 Å². The van der Waals surface area contributed by atoms with Gasteiger partial charge in [0, 0.05) is 55.3 Å². The zero-order chi connectivity index (χ0) is 19.6. The Balaban J connectivity index is 1.54. The van der Waals surface area contributed by atoms with Gasteiger partial charge in [0.25, 0.3) is 5.91 Å². The molecule has 3 rings (SSSR count). The Bertz CT molecular complexity index is 854. The molecule has 1 fully saturated rings. The number of carbonyl (C=O) groups excluding carboxylic acids is 2. The number of aromatic nitrogens is 2. The summed E-state index contributed by atoms with van der Waals surface area (Å²) in [6, 6.07) is 5.64. The molecule has 1 aliphatic rings. The molecule has 1 aromatic carbocycles. The Morgan fingerprint density at radius 3 is 2.33 bits per heavy atom. The second-order valence-electron chi connectivity index (χ2n) is 7.13. The standard InChI is InChI=1S/C20H25ClN4O2/c1-13-11-18(21)14(2)10-17(13)20(27)25-8-6-24(7-9-25)19(26)5-4-16-12-15(3)22-23-16/h10-12H,4-9H2,1-3H3,(H,22,23). The first kappa shape index (κ1) is 19.4. The van der Waals surface area contributed by atoms with Crippen molar-refractivity contribution in [3.63, 3.8) is 0 Å². The minimum absolute atomic E-state index is 0.00589. The third-order valence-electron chi connectivity index (χ3n) is 5.01. The zero-order valence-electron chi connectivity index (χ0n) is 16.0. The maximum Gasteiger partial charge on any atom is 0.254 e. The first-order valence-electron chi connectivity index (χ1n) is 9.20. The summed E-state index contributed by atoms with van der Waals surface area (Å²) in [6.45, 7) is 7.97. The second-order valence-corrected chi connectivity index (χ2v) is 7.54. The van der Waals surface area contributed by atoms with Crippen LogP contribution in [0, 0.1) is 20.8 Å². The van der Waals surface area contributed by atoms with Gasteiger partial charge in [-0.05, 0) is 50.1 Å². The fraction of sp³-hybridized carbons (Fsp3) is 0.450. The first-order valence-corrected chi connectivity index (χ1v) is 9.57. The van der Waals surface area contributed by atoms with Crippen molar-refractivity contribution >= 4 is 23.4 Å². The lowest BCUT2D eigenvalue weighted by molar-refractivity contribution is -0.132. The van der Waals surface area contributed by atoms with Crippen LogP contribution in [0.5, 0.6) is 0 Å². The molecule has 2 aromatic rings. The number of H-pyrrole nitrogens is 1. The number of piperazine rings is 1. The van der Waals surface area contributed by atoms with Crippen molar-refractivity contribution in [3.8, 4) is 0 Å². The minimum atomic E-state index is 0.00589. The Labute approximate surface area is 164 Å². The highest BCUT2D eigenvalue weighted by molar-refractivity contribution is 6.31. The number of nitrogens with one attached hydrogen (secondary N) is 1. The van der Waals surface area contributed by atoms with Crippen molar-refractivity contribution < 1.29 is 9.59 Å². The maximum atomic E-state index is 12.8. The maximum absolute atomic E-state index is 12.8. The molecule has 1 aliphatic heterocycles. The SMILES string of the molecule is Cc1cc(CCC(=O)N2CCN(C(=O)c3cc(C)c(Cl)cc3C)CC2)n[nH]1. The highest BCUT2D eigenvalue weighted by Crippen LogP contribution is 2.22. The van der Waals surface area contributed by atoms with Crippen molar-refractivity contribution in [2.75, 3.05) is 26.2 Å². The molecule has 0 radical (unpaired) electrons. The zero-order valence-corrected chi connectivity index (χ0v) is 16.8. The number of amides is 2. The van der Waals surface area contributed by atoms with Gasteiger partial charge in [-0.2, -0.15) is 5.10 Å². The number of halogens is 1. The van der Waals surface area contributed by atoms with Crippen LogP contribution >= 0.6 is 11.6 Å². The van der Waals surface area contributed by atoms with Crippen LogP contribution in [0.15, 0.2) is 18.2 Å². The molecular formula is C20H25ClN4O2. The van der Waals surface area contributed by atoms with E-state index in [1.807, 2.05) is 48.8 Å². The molecule has 2 amide bonds. The van der Waals surface area contributed by atoms with Crippen LogP contribution in [0.4, 0.5) is 0 Å². The van der Waals surface area contributed by atoms with Crippen LogP contribution in [-0.4, -0.2) is 58.0 Å². The lowest BCUT2D eigenvalue weighted by atomic mass is 10.0. The van der Waals surface area contributed by atoms with Gasteiger partial charge < -0.3 is 9.80 Å². The normalized spacial score (nSPS) is 14.5. The molecule has 1 N–H and O–H groups in total. The highest BCUT2D eigenvalue weighted by atomic mass is 35.5. The number of benzene rings is 1. The first-order chi connectivity index (χ1) is 12.8. The third kappa shape index (κ3) is 4.50. The Hall–Kier alpha value is -2.34. The average molecular weight is 389 g/mol. The summed E-state index contributed by atoms with van der Waals surface area (Å²) in [6.07, 6.45) is 1.07. The number of carbonyl (C=O) groups is 2. The van der Waals surface area contributed by atoms with Crippen LogP contribution in [-0.2, 0) is 11.2 Å². The summed E-state index contributed by atoms with van der Waals surface area (Å²) in [4.78, 5) is 28.9. The fourth-order valence-corrected chi connectivity index (χ4v) is 3.55. The quantitative estimate of drug-likeness (QED) is 0.875. The molecular weight excluding hydrogens is 364 g/mol. The number of aromatic amines is 1. The van der Waals surface area contributed by atoms with Gasteiger partial charge in [-0.25, -0.2) is 0 Å². The van der Waals surface area contributed by atoms with E-state index in [2.05, 4.69) is 10.2 Å². The summed E-state index contributed by atoms with van der Waals surface area (Å²) in [5, 5.41) is 7.73. The molecule has 0 atom stereocenters. The van der Waals surface area contributed by atoms with Crippen LogP contribution < -0.4 is 0 Å². The largest absolute Gasteiger partial charge is 0.339 e. The Kier molecular flexibility index (Phi) is 5.85.